The van der Waals surface area contributed by atoms with Crippen LogP contribution in [0.1, 0.15) is 40.5 Å². The lowest BCUT2D eigenvalue weighted by atomic mass is 9.96. The topological polar surface area (TPSA) is 17.1 Å². The molecular formula is C14H22O. The van der Waals surface area contributed by atoms with Crippen molar-refractivity contribution in [2.75, 3.05) is 0 Å². The summed E-state index contributed by atoms with van der Waals surface area (Å²) in [6.45, 7) is 11.9. The van der Waals surface area contributed by atoms with Gasteiger partial charge in [-0.2, -0.15) is 0 Å². The van der Waals surface area contributed by atoms with E-state index in [0.717, 1.165) is 12.8 Å². The van der Waals surface area contributed by atoms with Gasteiger partial charge in [0.15, 0.2) is 5.78 Å². The predicted molar refractivity (Wildman–Crippen MR) is 66.8 cm³/mol. The fraction of sp³-hybridized carbons (Fsp3) is 0.500. The van der Waals surface area contributed by atoms with Gasteiger partial charge < -0.3 is 0 Å². The summed E-state index contributed by atoms with van der Waals surface area (Å²) in [7, 11) is 0. The molecule has 0 heterocycles. The first-order chi connectivity index (χ1) is 6.93. The van der Waals surface area contributed by atoms with Gasteiger partial charge in [0.2, 0.25) is 0 Å². The summed E-state index contributed by atoms with van der Waals surface area (Å²) < 4.78 is 0. The molecule has 0 saturated heterocycles. The quantitative estimate of drug-likeness (QED) is 0.364. The lowest BCUT2D eigenvalue weighted by molar-refractivity contribution is -0.112. The van der Waals surface area contributed by atoms with E-state index in [1.165, 1.54) is 11.1 Å². The third-order valence-corrected chi connectivity index (χ3v) is 2.52. The Balaban J connectivity index is 3.98. The molecule has 1 heteroatoms. The van der Waals surface area contributed by atoms with E-state index in [-0.39, 0.29) is 5.78 Å². The van der Waals surface area contributed by atoms with Gasteiger partial charge in [0.1, 0.15) is 0 Å². The summed E-state index contributed by atoms with van der Waals surface area (Å²) >= 11 is 0. The molecule has 0 amide bonds. The van der Waals surface area contributed by atoms with E-state index < -0.39 is 0 Å². The van der Waals surface area contributed by atoms with Crippen molar-refractivity contribution in [3.63, 3.8) is 0 Å². The van der Waals surface area contributed by atoms with Crippen LogP contribution in [0.4, 0.5) is 0 Å². The first kappa shape index (κ1) is 13.9. The van der Waals surface area contributed by atoms with Crippen LogP contribution in [0.25, 0.3) is 0 Å². The molecule has 1 nitrogen and oxygen atoms in total. The van der Waals surface area contributed by atoms with Crippen LogP contribution in [0.3, 0.4) is 0 Å². The van der Waals surface area contributed by atoms with Gasteiger partial charge in [-0.05, 0) is 45.6 Å². The van der Waals surface area contributed by atoms with Crippen molar-refractivity contribution < 1.29 is 4.79 Å². The Morgan fingerprint density at radius 1 is 1.33 bits per heavy atom. The van der Waals surface area contributed by atoms with Crippen molar-refractivity contribution in [3.05, 3.63) is 36.0 Å². The van der Waals surface area contributed by atoms with Gasteiger partial charge in [-0.1, -0.05) is 36.8 Å². The first-order valence-electron chi connectivity index (χ1n) is 5.43. The molecule has 15 heavy (non-hydrogen) atoms. The smallest absolute Gasteiger partial charge is 0.152 e. The van der Waals surface area contributed by atoms with E-state index in [2.05, 4.69) is 27.4 Å². The third-order valence-electron chi connectivity index (χ3n) is 2.52. The van der Waals surface area contributed by atoms with E-state index in [4.69, 9.17) is 0 Å². The predicted octanol–water partition coefficient (Wildman–Crippen LogP) is 4.07. The molecule has 0 aliphatic carbocycles. The minimum Gasteiger partial charge on any atom is -0.295 e. The Hall–Kier alpha value is -1.11. The van der Waals surface area contributed by atoms with Gasteiger partial charge in [0.05, 0.1) is 0 Å². The zero-order chi connectivity index (χ0) is 11.8. The second-order valence-corrected chi connectivity index (χ2v) is 4.27. The van der Waals surface area contributed by atoms with Crippen LogP contribution in [-0.2, 0) is 4.79 Å². The Morgan fingerprint density at radius 2 is 1.93 bits per heavy atom. The van der Waals surface area contributed by atoms with Crippen LogP contribution >= 0.6 is 0 Å². The summed E-state index contributed by atoms with van der Waals surface area (Å²) in [6, 6.07) is 0. The summed E-state index contributed by atoms with van der Waals surface area (Å²) in [5.74, 6) is 0.666. The molecule has 0 aromatic heterocycles. The van der Waals surface area contributed by atoms with Crippen molar-refractivity contribution in [2.45, 2.75) is 40.5 Å². The molecule has 0 aliphatic rings. The number of carbonyl (C=O) groups is 1. The molecule has 0 bridgehead atoms. The van der Waals surface area contributed by atoms with E-state index >= 15 is 0 Å². The van der Waals surface area contributed by atoms with Crippen molar-refractivity contribution in [2.24, 2.45) is 5.92 Å². The van der Waals surface area contributed by atoms with Crippen molar-refractivity contribution in [1.29, 1.82) is 0 Å². The highest BCUT2D eigenvalue weighted by molar-refractivity contribution is 5.87. The van der Waals surface area contributed by atoms with Gasteiger partial charge >= 0.3 is 0 Å². The number of allylic oxidation sites excluding steroid dienone is 5. The molecule has 0 saturated carbocycles. The summed E-state index contributed by atoms with van der Waals surface area (Å²) in [4.78, 5) is 10.7. The number of ketones is 1. The van der Waals surface area contributed by atoms with Gasteiger partial charge in [0.25, 0.3) is 0 Å². The Labute approximate surface area is 93.6 Å². The lowest BCUT2D eigenvalue weighted by Gasteiger charge is -2.10. The van der Waals surface area contributed by atoms with Gasteiger partial charge in [0, 0.05) is 0 Å². The summed E-state index contributed by atoms with van der Waals surface area (Å²) in [5.41, 5.74) is 2.54. The zero-order valence-corrected chi connectivity index (χ0v) is 10.3. The first-order valence-corrected chi connectivity index (χ1v) is 5.43. The molecule has 0 aromatic rings. The van der Waals surface area contributed by atoms with E-state index in [1.807, 2.05) is 12.2 Å². The van der Waals surface area contributed by atoms with Crippen LogP contribution in [0.15, 0.2) is 36.0 Å². The molecule has 0 spiro atoms. The molecule has 0 radical (unpaired) electrons. The Morgan fingerprint density at radius 3 is 2.40 bits per heavy atom. The fourth-order valence-electron chi connectivity index (χ4n) is 1.12. The highest BCUT2D eigenvalue weighted by Gasteiger charge is 2.01. The number of carbonyl (C=O) groups excluding carboxylic acids is 1. The maximum atomic E-state index is 10.7. The fourth-order valence-corrected chi connectivity index (χ4v) is 1.12. The summed E-state index contributed by atoms with van der Waals surface area (Å²) in [6.07, 6.45) is 7.61. The number of rotatable bonds is 6. The van der Waals surface area contributed by atoms with Crippen LogP contribution in [0.5, 0.6) is 0 Å². The maximum absolute atomic E-state index is 10.7. The van der Waals surface area contributed by atoms with E-state index in [1.54, 1.807) is 13.0 Å². The van der Waals surface area contributed by atoms with Gasteiger partial charge in [-0.25, -0.2) is 0 Å². The highest BCUT2D eigenvalue weighted by atomic mass is 16.1. The standard InChI is InChI=1S/C14H22O/c1-11(2)13(4)10-9-12(3)7-6-8-14(5)15/h6-8,13H,1,9-10H2,2-5H3. The lowest BCUT2D eigenvalue weighted by Crippen LogP contribution is -1.95. The van der Waals surface area contributed by atoms with Crippen molar-refractivity contribution in [3.8, 4) is 0 Å². The maximum Gasteiger partial charge on any atom is 0.152 e. The van der Waals surface area contributed by atoms with E-state index in [9.17, 15) is 4.79 Å². The molecular weight excluding hydrogens is 184 g/mol. The number of hydrogen-bond donors (Lipinski definition) is 0. The molecule has 0 fully saturated rings. The SMILES string of the molecule is C=C(C)C(C)CCC(C)=CC=CC(C)=O. The molecule has 1 unspecified atom stereocenters. The second kappa shape index (κ2) is 7.22. The largest absolute Gasteiger partial charge is 0.295 e. The van der Waals surface area contributed by atoms with Crippen LogP contribution in [-0.4, -0.2) is 5.78 Å². The van der Waals surface area contributed by atoms with Gasteiger partial charge in [-0.3, -0.25) is 4.79 Å². The minimum atomic E-state index is 0.0920. The van der Waals surface area contributed by atoms with Crippen LogP contribution in [0.2, 0.25) is 0 Å². The zero-order valence-electron chi connectivity index (χ0n) is 10.3. The molecule has 0 rings (SSSR count). The van der Waals surface area contributed by atoms with Crippen molar-refractivity contribution in [1.82, 2.24) is 0 Å². The monoisotopic (exact) mass is 206 g/mol. The number of hydrogen-bond acceptors (Lipinski definition) is 1. The highest BCUT2D eigenvalue weighted by Crippen LogP contribution is 2.17. The average molecular weight is 206 g/mol. The van der Waals surface area contributed by atoms with Crippen LogP contribution in [0, 0.1) is 5.92 Å². The minimum absolute atomic E-state index is 0.0920. The molecule has 1 atom stereocenters. The van der Waals surface area contributed by atoms with E-state index in [0.29, 0.717) is 5.92 Å². The Bertz CT molecular complexity index is 282. The van der Waals surface area contributed by atoms with Crippen LogP contribution < -0.4 is 0 Å². The molecule has 84 valence electrons. The molecule has 0 aromatic carbocycles. The summed E-state index contributed by atoms with van der Waals surface area (Å²) in [5, 5.41) is 0. The molecule has 0 aliphatic heterocycles. The second-order valence-electron chi connectivity index (χ2n) is 4.27. The third kappa shape index (κ3) is 7.92. The van der Waals surface area contributed by atoms with Gasteiger partial charge in [-0.15, -0.1) is 0 Å². The Kier molecular flexibility index (Phi) is 6.68. The molecule has 0 N–H and O–H groups in total. The normalized spacial score (nSPS) is 14.3. The van der Waals surface area contributed by atoms with Crippen molar-refractivity contribution >= 4 is 5.78 Å². The average Bonchev–Trinajstić information content (AvgIpc) is 2.13.